The topological polar surface area (TPSA) is 20.2 Å². The van der Waals surface area contributed by atoms with Gasteiger partial charge in [0.2, 0.25) is 0 Å². The van der Waals surface area contributed by atoms with Crippen LogP contribution in [0.2, 0.25) is 0 Å². The molecule has 1 unspecified atom stereocenters. The average Bonchev–Trinajstić information content (AvgIpc) is 2.28. The molecule has 0 aromatic rings. The van der Waals surface area contributed by atoms with Crippen molar-refractivity contribution >= 4 is 0 Å². The van der Waals surface area contributed by atoms with Crippen molar-refractivity contribution < 1.29 is 5.11 Å². The monoisotopic (exact) mass is 236 g/mol. The Morgan fingerprint density at radius 1 is 1.18 bits per heavy atom. The minimum atomic E-state index is -0.128. The lowest BCUT2D eigenvalue weighted by molar-refractivity contribution is 0.0491. The molecular weight excluding hydrogens is 208 g/mol. The summed E-state index contributed by atoms with van der Waals surface area (Å²) in [7, 11) is 0. The molecule has 1 rings (SSSR count). The van der Waals surface area contributed by atoms with Gasteiger partial charge >= 0.3 is 0 Å². The summed E-state index contributed by atoms with van der Waals surface area (Å²) >= 11 is 0. The van der Waals surface area contributed by atoms with Crippen LogP contribution in [0.1, 0.15) is 66.2 Å². The van der Waals surface area contributed by atoms with E-state index in [4.69, 9.17) is 0 Å². The van der Waals surface area contributed by atoms with Crippen molar-refractivity contribution in [2.45, 2.75) is 72.3 Å². The Bertz CT molecular complexity index is 268. The van der Waals surface area contributed by atoms with Gasteiger partial charge in [0.25, 0.3) is 0 Å². The minimum absolute atomic E-state index is 0.128. The van der Waals surface area contributed by atoms with Crippen LogP contribution in [-0.2, 0) is 0 Å². The maximum absolute atomic E-state index is 10.1. The highest BCUT2D eigenvalue weighted by Gasteiger charge is 2.31. The normalized spacial score (nSPS) is 27.1. The Balaban J connectivity index is 2.32. The van der Waals surface area contributed by atoms with E-state index in [-0.39, 0.29) is 6.10 Å². The number of rotatable bonds is 3. The highest BCUT2D eigenvalue weighted by atomic mass is 16.3. The SMILES string of the molecule is CC#CCCC(O)C1CCC(C(C)(C)C)CC1. The van der Waals surface area contributed by atoms with E-state index in [1.165, 1.54) is 25.7 Å². The van der Waals surface area contributed by atoms with Crippen LogP contribution < -0.4 is 0 Å². The van der Waals surface area contributed by atoms with Crippen LogP contribution in [0.3, 0.4) is 0 Å². The van der Waals surface area contributed by atoms with Gasteiger partial charge in [-0.15, -0.1) is 11.8 Å². The lowest BCUT2D eigenvalue weighted by Gasteiger charge is -2.38. The molecule has 0 aliphatic heterocycles. The van der Waals surface area contributed by atoms with Gasteiger partial charge in [-0.05, 0) is 56.3 Å². The Morgan fingerprint density at radius 3 is 2.24 bits per heavy atom. The molecule has 0 amide bonds. The zero-order valence-corrected chi connectivity index (χ0v) is 11.9. The lowest BCUT2D eigenvalue weighted by atomic mass is 9.68. The largest absolute Gasteiger partial charge is 0.393 e. The molecule has 1 fully saturated rings. The maximum Gasteiger partial charge on any atom is 0.0577 e. The Morgan fingerprint density at radius 2 is 1.76 bits per heavy atom. The van der Waals surface area contributed by atoms with E-state index in [2.05, 4.69) is 32.6 Å². The van der Waals surface area contributed by atoms with Crippen LogP contribution in [0.15, 0.2) is 0 Å². The molecule has 0 heterocycles. The summed E-state index contributed by atoms with van der Waals surface area (Å²) in [5.74, 6) is 7.29. The maximum atomic E-state index is 10.1. The number of hydrogen-bond donors (Lipinski definition) is 1. The second kappa shape index (κ2) is 6.45. The van der Waals surface area contributed by atoms with Crippen LogP contribution in [0.5, 0.6) is 0 Å². The minimum Gasteiger partial charge on any atom is -0.393 e. The standard InChI is InChI=1S/C16H28O/c1-5-6-7-8-15(17)13-9-11-14(12-10-13)16(2,3)4/h13-15,17H,7-12H2,1-4H3. The van der Waals surface area contributed by atoms with Gasteiger partial charge in [-0.2, -0.15) is 0 Å². The third-order valence-corrected chi connectivity index (χ3v) is 4.28. The molecular formula is C16H28O. The predicted molar refractivity (Wildman–Crippen MR) is 73.6 cm³/mol. The molecule has 0 radical (unpaired) electrons. The van der Waals surface area contributed by atoms with Gasteiger partial charge in [0.15, 0.2) is 0 Å². The third kappa shape index (κ3) is 4.72. The van der Waals surface area contributed by atoms with Gasteiger partial charge in [-0.25, -0.2) is 0 Å². The smallest absolute Gasteiger partial charge is 0.0577 e. The molecule has 1 aliphatic rings. The first-order chi connectivity index (χ1) is 7.95. The summed E-state index contributed by atoms with van der Waals surface area (Å²) < 4.78 is 0. The van der Waals surface area contributed by atoms with E-state index < -0.39 is 0 Å². The molecule has 0 aromatic carbocycles. The Labute approximate surface area is 107 Å². The van der Waals surface area contributed by atoms with Gasteiger partial charge in [-0.1, -0.05) is 20.8 Å². The summed E-state index contributed by atoms with van der Waals surface area (Å²) in [4.78, 5) is 0. The van der Waals surface area contributed by atoms with Crippen molar-refractivity contribution in [3.05, 3.63) is 0 Å². The number of aliphatic hydroxyl groups excluding tert-OH is 1. The Kier molecular flexibility index (Phi) is 5.53. The summed E-state index contributed by atoms with van der Waals surface area (Å²) in [6.45, 7) is 8.88. The molecule has 1 heteroatoms. The molecule has 98 valence electrons. The first-order valence-corrected chi connectivity index (χ1v) is 7.03. The van der Waals surface area contributed by atoms with Crippen LogP contribution >= 0.6 is 0 Å². The van der Waals surface area contributed by atoms with Gasteiger partial charge in [0, 0.05) is 6.42 Å². The fourth-order valence-electron chi connectivity index (χ4n) is 2.95. The second-order valence-electron chi connectivity index (χ2n) is 6.51. The summed E-state index contributed by atoms with van der Waals surface area (Å²) in [5.41, 5.74) is 0.434. The molecule has 1 N–H and O–H groups in total. The zero-order chi connectivity index (χ0) is 12.9. The van der Waals surface area contributed by atoms with Crippen molar-refractivity contribution in [1.29, 1.82) is 0 Å². The van der Waals surface area contributed by atoms with Crippen molar-refractivity contribution in [2.75, 3.05) is 0 Å². The molecule has 0 saturated heterocycles. The molecule has 0 aromatic heterocycles. The van der Waals surface area contributed by atoms with Crippen molar-refractivity contribution in [3.8, 4) is 11.8 Å². The molecule has 1 aliphatic carbocycles. The van der Waals surface area contributed by atoms with Crippen LogP contribution in [-0.4, -0.2) is 11.2 Å². The summed E-state index contributed by atoms with van der Waals surface area (Å²) in [6, 6.07) is 0. The van der Waals surface area contributed by atoms with E-state index in [0.717, 1.165) is 18.8 Å². The van der Waals surface area contributed by atoms with Crippen LogP contribution in [0.4, 0.5) is 0 Å². The lowest BCUT2D eigenvalue weighted by Crippen LogP contribution is -2.30. The highest BCUT2D eigenvalue weighted by Crippen LogP contribution is 2.41. The first kappa shape index (κ1) is 14.6. The molecule has 1 atom stereocenters. The number of aliphatic hydroxyl groups is 1. The second-order valence-corrected chi connectivity index (χ2v) is 6.51. The van der Waals surface area contributed by atoms with Gasteiger partial charge in [0.05, 0.1) is 6.10 Å². The average molecular weight is 236 g/mol. The molecule has 17 heavy (non-hydrogen) atoms. The van der Waals surface area contributed by atoms with Crippen LogP contribution in [0, 0.1) is 29.1 Å². The molecule has 1 nitrogen and oxygen atoms in total. The van der Waals surface area contributed by atoms with Gasteiger partial charge < -0.3 is 5.11 Å². The van der Waals surface area contributed by atoms with Crippen molar-refractivity contribution in [3.63, 3.8) is 0 Å². The van der Waals surface area contributed by atoms with Gasteiger partial charge in [-0.3, -0.25) is 0 Å². The third-order valence-electron chi connectivity index (χ3n) is 4.28. The van der Waals surface area contributed by atoms with Crippen LogP contribution in [0.25, 0.3) is 0 Å². The fraction of sp³-hybridized carbons (Fsp3) is 0.875. The molecule has 0 bridgehead atoms. The van der Waals surface area contributed by atoms with Crippen molar-refractivity contribution in [1.82, 2.24) is 0 Å². The van der Waals surface area contributed by atoms with E-state index in [0.29, 0.717) is 11.3 Å². The predicted octanol–water partition coefficient (Wildman–Crippen LogP) is 4.00. The summed E-state index contributed by atoms with van der Waals surface area (Å²) in [5, 5.41) is 10.1. The van der Waals surface area contributed by atoms with E-state index in [1.807, 2.05) is 6.92 Å². The van der Waals surface area contributed by atoms with E-state index in [1.54, 1.807) is 0 Å². The van der Waals surface area contributed by atoms with E-state index >= 15 is 0 Å². The van der Waals surface area contributed by atoms with E-state index in [9.17, 15) is 5.11 Å². The fourth-order valence-corrected chi connectivity index (χ4v) is 2.95. The molecule has 0 spiro atoms. The summed E-state index contributed by atoms with van der Waals surface area (Å²) in [6.07, 6.45) is 6.53. The quantitative estimate of drug-likeness (QED) is 0.734. The molecule has 1 saturated carbocycles. The number of hydrogen-bond acceptors (Lipinski definition) is 1. The Hall–Kier alpha value is -0.480. The first-order valence-electron chi connectivity index (χ1n) is 7.03. The zero-order valence-electron chi connectivity index (χ0n) is 11.9. The van der Waals surface area contributed by atoms with Gasteiger partial charge in [0.1, 0.15) is 0 Å². The highest BCUT2D eigenvalue weighted by molar-refractivity contribution is 4.95. The van der Waals surface area contributed by atoms with Crippen molar-refractivity contribution in [2.24, 2.45) is 17.3 Å².